The topological polar surface area (TPSA) is 80.9 Å². The van der Waals surface area contributed by atoms with E-state index in [0.717, 1.165) is 33.9 Å². The number of aromatic nitrogens is 1. The molecule has 0 unspecified atom stereocenters. The van der Waals surface area contributed by atoms with Crippen molar-refractivity contribution in [1.29, 1.82) is 0 Å². The number of carbonyl (C=O) groups excluding carboxylic acids is 1. The van der Waals surface area contributed by atoms with E-state index in [9.17, 15) is 9.59 Å². The molecule has 6 nitrogen and oxygen atoms in total. The number of hydrogen-bond donors (Lipinski definition) is 1. The van der Waals surface area contributed by atoms with Gasteiger partial charge in [0.25, 0.3) is 0 Å². The van der Waals surface area contributed by atoms with Gasteiger partial charge in [-0.15, -0.1) is 0 Å². The predicted octanol–water partition coefficient (Wildman–Crippen LogP) is 5.29. The molecule has 3 aromatic rings. The first-order valence-electron chi connectivity index (χ1n) is 9.18. The van der Waals surface area contributed by atoms with E-state index in [1.54, 1.807) is 36.5 Å². The lowest BCUT2D eigenvalue weighted by Crippen LogP contribution is -2.02. The molecule has 0 amide bonds. The number of halogens is 1. The summed E-state index contributed by atoms with van der Waals surface area (Å²) in [6, 6.07) is 12.1. The third-order valence-electron chi connectivity index (χ3n) is 4.87. The summed E-state index contributed by atoms with van der Waals surface area (Å²) >= 11 is 6.14. The lowest BCUT2D eigenvalue weighted by atomic mass is 10.1. The lowest BCUT2D eigenvalue weighted by Gasteiger charge is -2.11. The Bertz CT molecular complexity index is 1180. The average Bonchev–Trinajstić information content (AvgIpc) is 2.99. The third kappa shape index (κ3) is 4.14. The fourth-order valence-corrected chi connectivity index (χ4v) is 3.57. The Morgan fingerprint density at radius 2 is 1.83 bits per heavy atom. The zero-order chi connectivity index (χ0) is 22.0. The molecule has 1 N–H and O–H groups in total. The van der Waals surface area contributed by atoms with Crippen LogP contribution in [0.3, 0.4) is 0 Å². The van der Waals surface area contributed by atoms with Crippen LogP contribution in [0, 0.1) is 20.8 Å². The largest absolute Gasteiger partial charge is 0.478 e. The zero-order valence-corrected chi connectivity index (χ0v) is 17.8. The van der Waals surface area contributed by atoms with Crippen molar-refractivity contribution in [3.63, 3.8) is 0 Å². The highest BCUT2D eigenvalue weighted by Gasteiger charge is 2.14. The number of aryl methyl sites for hydroxylation is 2. The number of methoxy groups -OCH3 is 1. The van der Waals surface area contributed by atoms with Crippen LogP contribution in [0.2, 0.25) is 5.02 Å². The molecule has 0 aliphatic rings. The molecule has 0 saturated carbocycles. The SMILES string of the molecule is COC(=O)c1ccc(N=Cc2cc(C)n(-c3ccc(C(=O)O)c(Cl)c3)c2C)c(C)c1. The molecule has 30 heavy (non-hydrogen) atoms. The van der Waals surface area contributed by atoms with Gasteiger partial charge in [0.1, 0.15) is 0 Å². The molecule has 0 fully saturated rings. The maximum atomic E-state index is 11.7. The Hall–Kier alpha value is -3.38. The molecule has 1 heterocycles. The normalized spacial score (nSPS) is 11.1. The van der Waals surface area contributed by atoms with Gasteiger partial charge in [-0.1, -0.05) is 11.6 Å². The van der Waals surface area contributed by atoms with Crippen molar-refractivity contribution >= 4 is 35.4 Å². The molecular weight excluding hydrogens is 404 g/mol. The van der Waals surface area contributed by atoms with Crippen molar-refractivity contribution in [3.05, 3.63) is 81.1 Å². The second kappa shape index (κ2) is 8.55. The van der Waals surface area contributed by atoms with Crippen molar-refractivity contribution < 1.29 is 19.4 Å². The molecule has 0 bridgehead atoms. The number of carboxylic acid groups (broad SMARTS) is 1. The van der Waals surface area contributed by atoms with E-state index in [2.05, 4.69) is 4.99 Å². The highest BCUT2D eigenvalue weighted by Crippen LogP contribution is 2.26. The molecule has 1 aromatic heterocycles. The lowest BCUT2D eigenvalue weighted by molar-refractivity contribution is 0.0599. The monoisotopic (exact) mass is 424 g/mol. The van der Waals surface area contributed by atoms with Crippen LogP contribution >= 0.6 is 11.6 Å². The summed E-state index contributed by atoms with van der Waals surface area (Å²) in [5.41, 5.74) is 5.76. The standard InChI is InChI=1S/C23H21ClN2O4/c1-13-9-16(23(29)30-4)5-8-21(13)25-12-17-10-14(2)26(15(17)3)18-6-7-19(22(27)28)20(24)11-18/h5-12H,1-4H3,(H,27,28). The van der Waals surface area contributed by atoms with Gasteiger partial charge in [0, 0.05) is 28.9 Å². The minimum atomic E-state index is -1.06. The highest BCUT2D eigenvalue weighted by molar-refractivity contribution is 6.33. The van der Waals surface area contributed by atoms with Crippen LogP contribution in [-0.2, 0) is 4.74 Å². The Balaban J connectivity index is 1.94. The number of carboxylic acids is 1. The van der Waals surface area contributed by atoms with Gasteiger partial charge in [-0.25, -0.2) is 9.59 Å². The number of esters is 1. The molecule has 0 spiro atoms. The van der Waals surface area contributed by atoms with E-state index < -0.39 is 5.97 Å². The van der Waals surface area contributed by atoms with Crippen molar-refractivity contribution in [1.82, 2.24) is 4.57 Å². The first-order valence-corrected chi connectivity index (χ1v) is 9.56. The second-order valence-corrected chi connectivity index (χ2v) is 7.29. The highest BCUT2D eigenvalue weighted by atomic mass is 35.5. The number of aliphatic imine (C=N–C) groups is 1. The third-order valence-corrected chi connectivity index (χ3v) is 5.18. The molecule has 154 valence electrons. The van der Waals surface area contributed by atoms with Gasteiger partial charge in [0.05, 0.1) is 28.9 Å². The summed E-state index contributed by atoms with van der Waals surface area (Å²) < 4.78 is 6.73. The van der Waals surface area contributed by atoms with Crippen molar-refractivity contribution in [2.45, 2.75) is 20.8 Å². The number of benzene rings is 2. The number of nitrogens with zero attached hydrogens (tertiary/aromatic N) is 2. The van der Waals surface area contributed by atoms with Gasteiger partial charge in [-0.3, -0.25) is 4.99 Å². The van der Waals surface area contributed by atoms with E-state index >= 15 is 0 Å². The maximum Gasteiger partial charge on any atom is 0.337 e. The van der Waals surface area contributed by atoms with E-state index in [1.807, 2.05) is 31.4 Å². The molecule has 2 aromatic carbocycles. The van der Waals surface area contributed by atoms with E-state index in [-0.39, 0.29) is 16.6 Å². The molecule has 7 heteroatoms. The van der Waals surface area contributed by atoms with E-state index in [1.165, 1.54) is 13.2 Å². The average molecular weight is 425 g/mol. The van der Waals surface area contributed by atoms with Crippen LogP contribution in [0.1, 0.15) is 43.2 Å². The Kier molecular flexibility index (Phi) is 6.08. The van der Waals surface area contributed by atoms with Crippen LogP contribution in [0.4, 0.5) is 5.69 Å². The first kappa shape index (κ1) is 21.3. The Morgan fingerprint density at radius 1 is 1.10 bits per heavy atom. The van der Waals surface area contributed by atoms with Gasteiger partial charge in [0.15, 0.2) is 0 Å². The van der Waals surface area contributed by atoms with Crippen LogP contribution in [0.5, 0.6) is 0 Å². The van der Waals surface area contributed by atoms with Crippen LogP contribution in [-0.4, -0.2) is 34.9 Å². The van der Waals surface area contributed by atoms with E-state index in [4.69, 9.17) is 21.4 Å². The summed E-state index contributed by atoms with van der Waals surface area (Å²) in [5.74, 6) is -1.45. The van der Waals surface area contributed by atoms with Crippen LogP contribution < -0.4 is 0 Å². The Morgan fingerprint density at radius 3 is 2.43 bits per heavy atom. The second-order valence-electron chi connectivity index (χ2n) is 6.88. The minimum absolute atomic E-state index is 0.0653. The molecule has 0 aliphatic heterocycles. The summed E-state index contributed by atoms with van der Waals surface area (Å²) in [5, 5.41) is 9.35. The number of aromatic carboxylic acids is 1. The molecule has 0 aliphatic carbocycles. The number of carbonyl (C=O) groups is 2. The van der Waals surface area contributed by atoms with E-state index in [0.29, 0.717) is 5.56 Å². The van der Waals surface area contributed by atoms with Gasteiger partial charge < -0.3 is 14.4 Å². The summed E-state index contributed by atoms with van der Waals surface area (Å²) in [7, 11) is 1.35. The summed E-state index contributed by atoms with van der Waals surface area (Å²) in [6.45, 7) is 5.80. The number of hydrogen-bond acceptors (Lipinski definition) is 4. The summed E-state index contributed by atoms with van der Waals surface area (Å²) in [6.07, 6.45) is 1.77. The van der Waals surface area contributed by atoms with Crippen molar-refractivity contribution in [2.75, 3.05) is 7.11 Å². The number of rotatable bonds is 5. The summed E-state index contributed by atoms with van der Waals surface area (Å²) in [4.78, 5) is 27.4. The molecule has 3 rings (SSSR count). The Labute approximate surface area is 179 Å². The fraction of sp³-hybridized carbons (Fsp3) is 0.174. The first-order chi connectivity index (χ1) is 14.2. The van der Waals surface area contributed by atoms with Crippen molar-refractivity contribution in [2.24, 2.45) is 4.99 Å². The quantitative estimate of drug-likeness (QED) is 0.445. The fourth-order valence-electron chi connectivity index (χ4n) is 3.32. The molecule has 0 saturated heterocycles. The predicted molar refractivity (Wildman–Crippen MR) is 117 cm³/mol. The molecule has 0 radical (unpaired) electrons. The van der Waals surface area contributed by atoms with Gasteiger partial charge >= 0.3 is 11.9 Å². The van der Waals surface area contributed by atoms with Gasteiger partial charge in [-0.05, 0) is 68.8 Å². The maximum absolute atomic E-state index is 11.7. The number of ether oxygens (including phenoxy) is 1. The zero-order valence-electron chi connectivity index (χ0n) is 17.1. The van der Waals surface area contributed by atoms with Gasteiger partial charge in [-0.2, -0.15) is 0 Å². The van der Waals surface area contributed by atoms with Crippen LogP contribution in [0.25, 0.3) is 5.69 Å². The van der Waals surface area contributed by atoms with Gasteiger partial charge in [0.2, 0.25) is 0 Å². The minimum Gasteiger partial charge on any atom is -0.478 e. The smallest absolute Gasteiger partial charge is 0.337 e. The van der Waals surface area contributed by atoms with Crippen molar-refractivity contribution in [3.8, 4) is 5.69 Å². The molecule has 0 atom stereocenters. The molecular formula is C23H21ClN2O4. The van der Waals surface area contributed by atoms with Crippen LogP contribution in [0.15, 0.2) is 47.5 Å².